The van der Waals surface area contributed by atoms with Gasteiger partial charge in [-0.05, 0) is 53.4 Å². The van der Waals surface area contributed by atoms with Crippen LogP contribution in [0, 0.1) is 6.92 Å². The zero-order chi connectivity index (χ0) is 21.8. The third-order valence-electron chi connectivity index (χ3n) is 5.94. The number of nitrogens with zero attached hydrogens (tertiary/aromatic N) is 3. The zero-order valence-corrected chi connectivity index (χ0v) is 18.6. The molecule has 2 aromatic carbocycles. The van der Waals surface area contributed by atoms with Crippen molar-refractivity contribution >= 4 is 17.6 Å². The summed E-state index contributed by atoms with van der Waals surface area (Å²) < 4.78 is 5.41. The average molecular weight is 422 g/mol. The van der Waals surface area contributed by atoms with Crippen molar-refractivity contribution in [3.63, 3.8) is 0 Å². The van der Waals surface area contributed by atoms with E-state index in [1.165, 1.54) is 5.56 Å². The lowest BCUT2D eigenvalue weighted by Crippen LogP contribution is -2.39. The minimum Gasteiger partial charge on any atom is -0.379 e. The van der Waals surface area contributed by atoms with Gasteiger partial charge in [-0.3, -0.25) is 14.7 Å². The minimum absolute atomic E-state index is 0.0708. The van der Waals surface area contributed by atoms with Crippen molar-refractivity contribution in [3.8, 4) is 11.1 Å². The second-order valence-electron chi connectivity index (χ2n) is 8.12. The highest BCUT2D eigenvalue weighted by Crippen LogP contribution is 2.31. The van der Waals surface area contributed by atoms with E-state index in [2.05, 4.69) is 52.6 Å². The number of ether oxygens (including phenoxy) is 1. The highest BCUT2D eigenvalue weighted by molar-refractivity contribution is 5.97. The summed E-state index contributed by atoms with van der Waals surface area (Å²) in [4.78, 5) is 21.4. The van der Waals surface area contributed by atoms with Gasteiger partial charge in [0.2, 0.25) is 0 Å². The lowest BCUT2D eigenvalue weighted by molar-refractivity contribution is 0.0394. The molecule has 0 unspecified atom stereocenters. The number of morpholine rings is 1. The maximum atomic E-state index is 12.1. The number of carbonyl (C=O) groups is 1. The van der Waals surface area contributed by atoms with Crippen LogP contribution in [0.3, 0.4) is 0 Å². The van der Waals surface area contributed by atoms with Gasteiger partial charge < -0.3 is 20.3 Å². The van der Waals surface area contributed by atoms with Gasteiger partial charge in [-0.2, -0.15) is 0 Å². The Balaban J connectivity index is 1.50. The Morgan fingerprint density at radius 1 is 1.19 bits per heavy atom. The monoisotopic (exact) mass is 421 g/mol. The molecule has 0 bridgehead atoms. The molecule has 0 radical (unpaired) electrons. The molecule has 1 amide bonds. The predicted octanol–water partition coefficient (Wildman–Crippen LogP) is 2.57. The summed E-state index contributed by atoms with van der Waals surface area (Å²) in [7, 11) is 3.72. The molecule has 0 aliphatic carbocycles. The van der Waals surface area contributed by atoms with Gasteiger partial charge in [-0.1, -0.05) is 12.1 Å². The minimum atomic E-state index is -0.0708. The van der Waals surface area contributed by atoms with Gasteiger partial charge in [0.25, 0.3) is 5.91 Å². The van der Waals surface area contributed by atoms with E-state index in [9.17, 15) is 4.79 Å². The van der Waals surface area contributed by atoms with Gasteiger partial charge in [0, 0.05) is 51.5 Å². The molecule has 0 saturated carbocycles. The van der Waals surface area contributed by atoms with Crippen molar-refractivity contribution in [2.75, 3.05) is 58.8 Å². The van der Waals surface area contributed by atoms with Crippen LogP contribution in [0.1, 0.15) is 21.5 Å². The van der Waals surface area contributed by atoms with E-state index in [-0.39, 0.29) is 5.91 Å². The van der Waals surface area contributed by atoms with Crippen molar-refractivity contribution < 1.29 is 9.53 Å². The molecule has 2 N–H and O–H groups in total. The number of fused-ring (bicyclic) bond motifs is 1. The fourth-order valence-corrected chi connectivity index (χ4v) is 4.06. The van der Waals surface area contributed by atoms with Crippen LogP contribution in [0.15, 0.2) is 41.4 Å². The van der Waals surface area contributed by atoms with Crippen LogP contribution in [-0.2, 0) is 11.3 Å². The molecule has 7 nitrogen and oxygen atoms in total. The Bertz CT molecular complexity index is 982. The molecule has 2 aromatic rings. The number of amides is 1. The Morgan fingerprint density at radius 3 is 2.77 bits per heavy atom. The highest BCUT2D eigenvalue weighted by atomic mass is 16.5. The van der Waals surface area contributed by atoms with E-state index in [1.54, 1.807) is 7.05 Å². The van der Waals surface area contributed by atoms with E-state index in [4.69, 9.17) is 9.73 Å². The number of guanidine groups is 1. The maximum absolute atomic E-state index is 12.1. The number of hydrogen-bond acceptors (Lipinski definition) is 4. The van der Waals surface area contributed by atoms with E-state index >= 15 is 0 Å². The summed E-state index contributed by atoms with van der Waals surface area (Å²) in [6.07, 6.45) is 0. The van der Waals surface area contributed by atoms with Crippen LogP contribution in [0.5, 0.6) is 0 Å². The summed E-state index contributed by atoms with van der Waals surface area (Å²) in [5.74, 6) is 0.838. The normalized spacial score (nSPS) is 17.9. The van der Waals surface area contributed by atoms with Gasteiger partial charge in [-0.25, -0.2) is 0 Å². The van der Waals surface area contributed by atoms with Gasteiger partial charge in [0.05, 0.1) is 19.8 Å². The fourth-order valence-electron chi connectivity index (χ4n) is 4.06. The first kappa shape index (κ1) is 21.3. The van der Waals surface area contributed by atoms with Crippen LogP contribution in [-0.4, -0.2) is 75.2 Å². The molecule has 2 aliphatic rings. The number of benzene rings is 2. The number of carbonyl (C=O) groups excluding carboxylic acids is 1. The molecule has 1 fully saturated rings. The highest BCUT2D eigenvalue weighted by Gasteiger charge is 2.19. The Morgan fingerprint density at radius 2 is 2.00 bits per heavy atom. The van der Waals surface area contributed by atoms with Crippen molar-refractivity contribution in [1.82, 2.24) is 15.1 Å². The first-order chi connectivity index (χ1) is 15.0. The van der Waals surface area contributed by atoms with E-state index in [1.807, 2.05) is 18.2 Å². The van der Waals surface area contributed by atoms with Crippen molar-refractivity contribution in [2.24, 2.45) is 4.99 Å². The molecular weight excluding hydrogens is 390 g/mol. The number of aryl methyl sites for hydroxylation is 1. The summed E-state index contributed by atoms with van der Waals surface area (Å²) in [5.41, 5.74) is 6.33. The van der Waals surface area contributed by atoms with E-state index in [0.29, 0.717) is 5.56 Å². The van der Waals surface area contributed by atoms with Gasteiger partial charge in [-0.15, -0.1) is 0 Å². The van der Waals surface area contributed by atoms with E-state index < -0.39 is 0 Å². The number of anilines is 1. The lowest BCUT2D eigenvalue weighted by atomic mass is 9.95. The summed E-state index contributed by atoms with van der Waals surface area (Å²) in [6.45, 7) is 8.19. The van der Waals surface area contributed by atoms with Gasteiger partial charge >= 0.3 is 0 Å². The quantitative estimate of drug-likeness (QED) is 0.777. The first-order valence-electron chi connectivity index (χ1n) is 10.8. The molecule has 1 saturated heterocycles. The number of hydrogen-bond donors (Lipinski definition) is 2. The SMILES string of the molecule is CNC(=O)c1ccc(C)c(-c2ccc3c(c2)CN(C)C(=NCCN2CCOCC2)N3)c1. The van der Waals surface area contributed by atoms with Crippen LogP contribution in [0.2, 0.25) is 0 Å². The molecule has 31 heavy (non-hydrogen) atoms. The molecule has 0 aromatic heterocycles. The number of nitrogens with one attached hydrogen (secondary N) is 2. The molecule has 4 rings (SSSR count). The molecule has 2 heterocycles. The second-order valence-corrected chi connectivity index (χ2v) is 8.12. The molecule has 0 spiro atoms. The predicted molar refractivity (Wildman–Crippen MR) is 125 cm³/mol. The molecule has 0 atom stereocenters. The lowest BCUT2D eigenvalue weighted by Gasteiger charge is -2.30. The number of rotatable bonds is 5. The summed E-state index contributed by atoms with van der Waals surface area (Å²) >= 11 is 0. The Kier molecular flexibility index (Phi) is 6.53. The smallest absolute Gasteiger partial charge is 0.251 e. The van der Waals surface area contributed by atoms with Crippen LogP contribution in [0.25, 0.3) is 11.1 Å². The molecule has 164 valence electrons. The summed E-state index contributed by atoms with van der Waals surface area (Å²) in [6, 6.07) is 12.3. The maximum Gasteiger partial charge on any atom is 0.251 e. The fraction of sp³-hybridized carbons (Fsp3) is 0.417. The molecule has 2 aliphatic heterocycles. The topological polar surface area (TPSA) is 69.2 Å². The Labute approximate surface area is 184 Å². The first-order valence-corrected chi connectivity index (χ1v) is 10.8. The van der Waals surface area contributed by atoms with E-state index in [0.717, 1.165) is 74.3 Å². The van der Waals surface area contributed by atoms with Crippen LogP contribution >= 0.6 is 0 Å². The summed E-state index contributed by atoms with van der Waals surface area (Å²) in [5, 5.41) is 6.18. The number of aliphatic imine (C=N–C) groups is 1. The van der Waals surface area contributed by atoms with Crippen molar-refractivity contribution in [3.05, 3.63) is 53.1 Å². The molecule has 7 heteroatoms. The van der Waals surface area contributed by atoms with Gasteiger partial charge in [0.1, 0.15) is 0 Å². The standard InChI is InChI=1S/C24H31N5O2/c1-17-4-5-19(23(30)25-2)15-21(17)18-6-7-22-20(14-18)16-28(3)24(27-22)26-8-9-29-10-12-31-13-11-29/h4-7,14-15H,8-13,16H2,1-3H3,(H,25,30)(H,26,27). The molecular formula is C24H31N5O2. The largest absolute Gasteiger partial charge is 0.379 e. The van der Waals surface area contributed by atoms with Crippen LogP contribution < -0.4 is 10.6 Å². The van der Waals surface area contributed by atoms with Crippen LogP contribution in [0.4, 0.5) is 5.69 Å². The van der Waals surface area contributed by atoms with Crippen molar-refractivity contribution in [2.45, 2.75) is 13.5 Å². The Hall–Kier alpha value is -2.90. The zero-order valence-electron chi connectivity index (χ0n) is 18.6. The average Bonchev–Trinajstić information content (AvgIpc) is 2.79. The van der Waals surface area contributed by atoms with Gasteiger partial charge in [0.15, 0.2) is 5.96 Å². The second kappa shape index (κ2) is 9.49. The van der Waals surface area contributed by atoms with Crippen molar-refractivity contribution in [1.29, 1.82) is 0 Å². The third-order valence-corrected chi connectivity index (χ3v) is 5.94. The third kappa shape index (κ3) is 4.89.